The lowest BCUT2D eigenvalue weighted by molar-refractivity contribution is -0.130. The Morgan fingerprint density at radius 1 is 1.32 bits per heavy atom. The minimum Gasteiger partial charge on any atom is -0.294 e. The number of hydrogen-bond donors (Lipinski definition) is 0. The van der Waals surface area contributed by atoms with Gasteiger partial charge in [0.05, 0.1) is 0 Å². The number of benzene rings is 1. The number of hydrogen-bond acceptors (Lipinski definition) is 3. The van der Waals surface area contributed by atoms with E-state index in [2.05, 4.69) is 6.92 Å². The van der Waals surface area contributed by atoms with Gasteiger partial charge in [-0.25, -0.2) is 0 Å². The van der Waals surface area contributed by atoms with Crippen LogP contribution in [-0.2, 0) is 4.79 Å². The Balaban J connectivity index is 2.23. The zero-order valence-corrected chi connectivity index (χ0v) is 12.5. The summed E-state index contributed by atoms with van der Waals surface area (Å²) in [5, 5.41) is 0.169. The second kappa shape index (κ2) is 5.49. The van der Waals surface area contributed by atoms with Crippen LogP contribution in [0.25, 0.3) is 0 Å². The topological polar surface area (TPSA) is 34.1 Å². The van der Waals surface area contributed by atoms with E-state index in [1.807, 2.05) is 44.2 Å². The molecule has 1 aromatic carbocycles. The third-order valence-corrected chi connectivity index (χ3v) is 5.10. The Labute approximate surface area is 119 Å². The average molecular weight is 276 g/mol. The van der Waals surface area contributed by atoms with E-state index in [0.29, 0.717) is 5.92 Å². The van der Waals surface area contributed by atoms with Crippen LogP contribution in [0.15, 0.2) is 30.3 Å². The molecule has 2 rings (SSSR count). The van der Waals surface area contributed by atoms with Gasteiger partial charge in [0.1, 0.15) is 0 Å². The van der Waals surface area contributed by atoms with E-state index >= 15 is 0 Å². The zero-order valence-electron chi connectivity index (χ0n) is 11.7. The van der Waals surface area contributed by atoms with Crippen LogP contribution in [-0.4, -0.2) is 16.7 Å². The van der Waals surface area contributed by atoms with Crippen molar-refractivity contribution in [3.63, 3.8) is 0 Å². The molecule has 0 saturated heterocycles. The number of carbonyl (C=O) groups is 2. The second-order valence-electron chi connectivity index (χ2n) is 5.53. The van der Waals surface area contributed by atoms with Crippen molar-refractivity contribution >= 4 is 22.7 Å². The molecule has 1 aliphatic rings. The smallest absolute Gasteiger partial charge is 0.195 e. The summed E-state index contributed by atoms with van der Waals surface area (Å²) in [6, 6.07) is 9.32. The highest BCUT2D eigenvalue weighted by Crippen LogP contribution is 2.54. The molecule has 0 heterocycles. The van der Waals surface area contributed by atoms with Crippen molar-refractivity contribution < 1.29 is 9.59 Å². The lowest BCUT2D eigenvalue weighted by Gasteiger charge is -2.49. The molecule has 102 valence electrons. The second-order valence-corrected chi connectivity index (χ2v) is 6.76. The summed E-state index contributed by atoms with van der Waals surface area (Å²) in [6.07, 6.45) is 0.822. The van der Waals surface area contributed by atoms with E-state index in [0.717, 1.165) is 17.7 Å². The minimum atomic E-state index is -0.479. The maximum atomic E-state index is 12.6. The first-order chi connectivity index (χ1) is 9.00. The van der Waals surface area contributed by atoms with Gasteiger partial charge in [0.2, 0.25) is 0 Å². The molecule has 0 bridgehead atoms. The molecule has 0 radical (unpaired) electrons. The SMILES string of the molecule is CCSC(=O)[C@]1(C)C[C@H](C)[C@H]1C(=O)c1ccccc1. The number of Topliss-reactive ketones (excluding diaryl/α,β-unsaturated/α-hetero) is 1. The fourth-order valence-corrected chi connectivity index (χ4v) is 4.02. The lowest BCUT2D eigenvalue weighted by atomic mass is 9.53. The van der Waals surface area contributed by atoms with E-state index in [1.165, 1.54) is 11.8 Å². The van der Waals surface area contributed by atoms with Crippen LogP contribution in [0.1, 0.15) is 37.6 Å². The Kier molecular flexibility index (Phi) is 4.14. The molecule has 0 unspecified atom stereocenters. The highest BCUT2D eigenvalue weighted by Gasteiger charge is 2.56. The van der Waals surface area contributed by atoms with E-state index in [1.54, 1.807) is 0 Å². The number of thioether (sulfide) groups is 1. The van der Waals surface area contributed by atoms with Crippen LogP contribution in [0.5, 0.6) is 0 Å². The maximum absolute atomic E-state index is 12.6. The highest BCUT2D eigenvalue weighted by molar-refractivity contribution is 8.13. The third-order valence-electron chi connectivity index (χ3n) is 4.08. The van der Waals surface area contributed by atoms with Crippen LogP contribution >= 0.6 is 11.8 Å². The van der Waals surface area contributed by atoms with Gasteiger partial charge in [-0.2, -0.15) is 0 Å². The van der Waals surface area contributed by atoms with E-state index in [4.69, 9.17) is 0 Å². The average Bonchev–Trinajstić information content (AvgIpc) is 2.39. The van der Waals surface area contributed by atoms with Crippen molar-refractivity contribution in [3.8, 4) is 0 Å². The van der Waals surface area contributed by atoms with Crippen LogP contribution in [0.3, 0.4) is 0 Å². The number of carbonyl (C=O) groups excluding carboxylic acids is 2. The summed E-state index contributed by atoms with van der Waals surface area (Å²) in [4.78, 5) is 24.8. The van der Waals surface area contributed by atoms with Crippen molar-refractivity contribution in [3.05, 3.63) is 35.9 Å². The molecule has 3 heteroatoms. The summed E-state index contributed by atoms with van der Waals surface area (Å²) in [7, 11) is 0. The fraction of sp³-hybridized carbons (Fsp3) is 0.500. The number of rotatable bonds is 4. The maximum Gasteiger partial charge on any atom is 0.195 e. The molecule has 1 aliphatic carbocycles. The van der Waals surface area contributed by atoms with E-state index in [-0.39, 0.29) is 16.8 Å². The molecule has 0 aromatic heterocycles. The van der Waals surface area contributed by atoms with E-state index < -0.39 is 5.41 Å². The standard InChI is InChI=1S/C16H20O2S/c1-4-19-15(18)16(3)10-11(2)13(16)14(17)12-8-6-5-7-9-12/h5-9,11,13H,4,10H2,1-3H3/t11-,13-,16+/m0/s1. The lowest BCUT2D eigenvalue weighted by Crippen LogP contribution is -2.53. The normalized spacial score (nSPS) is 29.6. The molecule has 1 saturated carbocycles. The molecule has 1 aromatic rings. The molecule has 0 spiro atoms. The third kappa shape index (κ3) is 2.48. The van der Waals surface area contributed by atoms with Crippen LogP contribution in [0, 0.1) is 17.3 Å². The minimum absolute atomic E-state index is 0.118. The van der Waals surface area contributed by atoms with Crippen molar-refractivity contribution in [2.75, 3.05) is 5.75 Å². The van der Waals surface area contributed by atoms with Gasteiger partial charge in [-0.15, -0.1) is 0 Å². The first kappa shape index (κ1) is 14.3. The van der Waals surface area contributed by atoms with Gasteiger partial charge in [0, 0.05) is 16.9 Å². The molecule has 0 aliphatic heterocycles. The summed E-state index contributed by atoms with van der Waals surface area (Å²) in [5.74, 6) is 1.02. The largest absolute Gasteiger partial charge is 0.294 e. The molecule has 3 atom stereocenters. The summed E-state index contributed by atoms with van der Waals surface area (Å²) in [5.41, 5.74) is 0.243. The summed E-state index contributed by atoms with van der Waals surface area (Å²) in [6.45, 7) is 5.99. The monoisotopic (exact) mass is 276 g/mol. The van der Waals surface area contributed by atoms with Crippen LogP contribution in [0.4, 0.5) is 0 Å². The van der Waals surface area contributed by atoms with Gasteiger partial charge in [-0.3, -0.25) is 9.59 Å². The van der Waals surface area contributed by atoms with Gasteiger partial charge < -0.3 is 0 Å². The van der Waals surface area contributed by atoms with Crippen molar-refractivity contribution in [1.82, 2.24) is 0 Å². The van der Waals surface area contributed by atoms with Crippen LogP contribution < -0.4 is 0 Å². The molecule has 2 nitrogen and oxygen atoms in total. The predicted octanol–water partition coefficient (Wildman–Crippen LogP) is 3.81. The zero-order chi connectivity index (χ0) is 14.0. The Hall–Kier alpha value is -1.09. The van der Waals surface area contributed by atoms with Crippen molar-refractivity contribution in [2.24, 2.45) is 17.3 Å². The van der Waals surface area contributed by atoms with Gasteiger partial charge in [-0.1, -0.05) is 62.9 Å². The molecule has 0 N–H and O–H groups in total. The Morgan fingerprint density at radius 2 is 1.95 bits per heavy atom. The van der Waals surface area contributed by atoms with Crippen molar-refractivity contribution in [1.29, 1.82) is 0 Å². The molecule has 0 amide bonds. The van der Waals surface area contributed by atoms with Gasteiger partial charge >= 0.3 is 0 Å². The van der Waals surface area contributed by atoms with Gasteiger partial charge in [0.25, 0.3) is 0 Å². The van der Waals surface area contributed by atoms with Crippen LogP contribution in [0.2, 0.25) is 0 Å². The quantitative estimate of drug-likeness (QED) is 0.784. The summed E-state index contributed by atoms with van der Waals surface area (Å²) < 4.78 is 0. The Morgan fingerprint density at radius 3 is 2.47 bits per heavy atom. The molecular formula is C16H20O2S. The molecule has 19 heavy (non-hydrogen) atoms. The molecular weight excluding hydrogens is 256 g/mol. The van der Waals surface area contributed by atoms with Crippen molar-refractivity contribution in [2.45, 2.75) is 27.2 Å². The predicted molar refractivity (Wildman–Crippen MR) is 79.3 cm³/mol. The van der Waals surface area contributed by atoms with Gasteiger partial charge in [-0.05, 0) is 18.1 Å². The van der Waals surface area contributed by atoms with E-state index in [9.17, 15) is 9.59 Å². The fourth-order valence-electron chi connectivity index (χ4n) is 3.22. The highest BCUT2D eigenvalue weighted by atomic mass is 32.2. The van der Waals surface area contributed by atoms with Gasteiger partial charge in [0.15, 0.2) is 10.9 Å². The first-order valence-electron chi connectivity index (χ1n) is 6.77. The number of ketones is 1. The molecule has 1 fully saturated rings. The Bertz CT molecular complexity index is 483. The summed E-state index contributed by atoms with van der Waals surface area (Å²) >= 11 is 1.34. The first-order valence-corrected chi connectivity index (χ1v) is 7.75.